The van der Waals surface area contributed by atoms with E-state index in [1.165, 1.54) is 6.07 Å². The van der Waals surface area contributed by atoms with Crippen LogP contribution in [-0.4, -0.2) is 23.4 Å². The number of hydrogen-bond donors (Lipinski definition) is 1. The smallest absolute Gasteiger partial charge is 0.260 e. The number of halogens is 1. The number of aromatic nitrogens is 2. The predicted molar refractivity (Wildman–Crippen MR) is 66.9 cm³/mol. The van der Waals surface area contributed by atoms with Crippen LogP contribution in [0.2, 0.25) is 0 Å². The van der Waals surface area contributed by atoms with Crippen LogP contribution in [0, 0.1) is 5.82 Å². The molecule has 0 amide bonds. The van der Waals surface area contributed by atoms with Crippen molar-refractivity contribution in [3.05, 3.63) is 29.8 Å². The molecule has 6 heteroatoms. The zero-order valence-electron chi connectivity index (χ0n) is 10.3. The van der Waals surface area contributed by atoms with Crippen molar-refractivity contribution < 1.29 is 13.7 Å². The lowest BCUT2D eigenvalue weighted by Crippen LogP contribution is -2.15. The molecule has 0 radical (unpaired) electrons. The minimum Gasteiger partial charge on any atom is -0.399 e. The summed E-state index contributed by atoms with van der Waals surface area (Å²) in [6, 6.07) is 4.40. The Bertz CT molecular complexity index is 579. The quantitative estimate of drug-likeness (QED) is 0.842. The molecular weight excluding hydrogens is 249 g/mol. The molecule has 1 saturated heterocycles. The van der Waals surface area contributed by atoms with Crippen molar-refractivity contribution in [1.82, 2.24) is 10.1 Å². The molecule has 19 heavy (non-hydrogen) atoms. The van der Waals surface area contributed by atoms with Gasteiger partial charge in [0.25, 0.3) is 5.89 Å². The molecule has 0 saturated carbocycles. The van der Waals surface area contributed by atoms with E-state index in [9.17, 15) is 4.39 Å². The molecule has 1 aromatic heterocycles. The van der Waals surface area contributed by atoms with Gasteiger partial charge in [0.2, 0.25) is 0 Å². The van der Waals surface area contributed by atoms with Crippen molar-refractivity contribution in [3.63, 3.8) is 0 Å². The first-order chi connectivity index (χ1) is 9.24. The Kier molecular flexibility index (Phi) is 3.16. The highest BCUT2D eigenvalue weighted by Gasteiger charge is 2.22. The van der Waals surface area contributed by atoms with Crippen LogP contribution >= 0.6 is 0 Å². The van der Waals surface area contributed by atoms with Crippen LogP contribution in [0.5, 0.6) is 0 Å². The van der Waals surface area contributed by atoms with E-state index in [-0.39, 0.29) is 17.4 Å². The summed E-state index contributed by atoms with van der Waals surface area (Å²) in [4.78, 5) is 4.28. The third-order valence-electron chi connectivity index (χ3n) is 3.25. The van der Waals surface area contributed by atoms with Crippen LogP contribution in [0.15, 0.2) is 22.7 Å². The standard InChI is InChI=1S/C13H14FN3O2/c14-11-7-9(15)1-2-10(11)13-16-12(17-19-13)8-3-5-18-6-4-8/h1-2,7-8H,3-6,15H2. The van der Waals surface area contributed by atoms with Gasteiger partial charge in [0.1, 0.15) is 5.82 Å². The molecule has 0 bridgehead atoms. The normalized spacial score (nSPS) is 16.7. The lowest BCUT2D eigenvalue weighted by molar-refractivity contribution is 0.0830. The third kappa shape index (κ3) is 2.44. The van der Waals surface area contributed by atoms with Gasteiger partial charge in [-0.05, 0) is 31.0 Å². The van der Waals surface area contributed by atoms with Gasteiger partial charge in [-0.25, -0.2) is 4.39 Å². The maximum Gasteiger partial charge on any atom is 0.260 e. The number of nitrogen functional groups attached to an aromatic ring is 1. The van der Waals surface area contributed by atoms with E-state index in [1.54, 1.807) is 12.1 Å². The maximum absolute atomic E-state index is 13.8. The molecule has 1 fully saturated rings. The molecule has 2 heterocycles. The first-order valence-corrected chi connectivity index (χ1v) is 6.21. The molecule has 0 aliphatic carbocycles. The number of nitrogens with zero attached hydrogens (tertiary/aromatic N) is 2. The number of benzene rings is 1. The van der Waals surface area contributed by atoms with Crippen LogP contribution in [0.4, 0.5) is 10.1 Å². The van der Waals surface area contributed by atoms with Gasteiger partial charge in [0.05, 0.1) is 5.56 Å². The van der Waals surface area contributed by atoms with E-state index >= 15 is 0 Å². The molecule has 2 aromatic rings. The second-order valence-corrected chi connectivity index (χ2v) is 4.58. The van der Waals surface area contributed by atoms with Crippen molar-refractivity contribution in [2.24, 2.45) is 0 Å². The fourth-order valence-electron chi connectivity index (χ4n) is 2.17. The second-order valence-electron chi connectivity index (χ2n) is 4.58. The fraction of sp³-hybridized carbons (Fsp3) is 0.385. The molecule has 0 unspecified atom stereocenters. The topological polar surface area (TPSA) is 74.2 Å². The number of nitrogens with two attached hydrogens (primary N) is 1. The summed E-state index contributed by atoms with van der Waals surface area (Å²) < 4.78 is 24.2. The van der Waals surface area contributed by atoms with Gasteiger partial charge in [0.15, 0.2) is 5.82 Å². The summed E-state index contributed by atoms with van der Waals surface area (Å²) in [7, 11) is 0. The number of ether oxygens (including phenoxy) is 1. The van der Waals surface area contributed by atoms with Crippen LogP contribution < -0.4 is 5.73 Å². The Balaban J connectivity index is 1.87. The molecule has 1 aromatic carbocycles. The average molecular weight is 263 g/mol. The third-order valence-corrected chi connectivity index (χ3v) is 3.25. The zero-order valence-corrected chi connectivity index (χ0v) is 10.3. The SMILES string of the molecule is Nc1ccc(-c2nc(C3CCOCC3)no2)c(F)c1. The van der Waals surface area contributed by atoms with Gasteiger partial charge in [-0.3, -0.25) is 0 Å². The lowest BCUT2D eigenvalue weighted by atomic mass is 10.00. The van der Waals surface area contributed by atoms with Crippen LogP contribution in [0.1, 0.15) is 24.6 Å². The van der Waals surface area contributed by atoms with Gasteiger partial charge in [-0.2, -0.15) is 4.98 Å². The van der Waals surface area contributed by atoms with Crippen LogP contribution in [-0.2, 0) is 4.74 Å². The fourth-order valence-corrected chi connectivity index (χ4v) is 2.17. The molecule has 100 valence electrons. The summed E-state index contributed by atoms with van der Waals surface area (Å²) in [6.07, 6.45) is 1.73. The van der Waals surface area contributed by atoms with E-state index in [0.29, 0.717) is 24.7 Å². The Hall–Kier alpha value is -1.95. The monoisotopic (exact) mass is 263 g/mol. The summed E-state index contributed by atoms with van der Waals surface area (Å²) in [5, 5.41) is 3.94. The molecule has 0 spiro atoms. The van der Waals surface area contributed by atoms with Crippen LogP contribution in [0.3, 0.4) is 0 Å². The molecule has 2 N–H and O–H groups in total. The highest BCUT2D eigenvalue weighted by molar-refractivity contribution is 5.58. The van der Waals surface area contributed by atoms with Gasteiger partial charge in [-0.15, -0.1) is 0 Å². The molecule has 1 aliphatic heterocycles. The Morgan fingerprint density at radius 2 is 2.05 bits per heavy atom. The van der Waals surface area contributed by atoms with Crippen molar-refractivity contribution in [1.29, 1.82) is 0 Å². The van der Waals surface area contributed by atoms with E-state index in [1.807, 2.05) is 0 Å². The highest BCUT2D eigenvalue weighted by Crippen LogP contribution is 2.28. The van der Waals surface area contributed by atoms with E-state index in [0.717, 1.165) is 12.8 Å². The summed E-state index contributed by atoms with van der Waals surface area (Å²) in [5.41, 5.74) is 6.15. The zero-order chi connectivity index (χ0) is 13.2. The number of rotatable bonds is 2. The first kappa shape index (κ1) is 12.1. The highest BCUT2D eigenvalue weighted by atomic mass is 19.1. The Labute approximate surface area is 109 Å². The van der Waals surface area contributed by atoms with Crippen molar-refractivity contribution in [2.45, 2.75) is 18.8 Å². The number of anilines is 1. The van der Waals surface area contributed by atoms with Crippen LogP contribution in [0.25, 0.3) is 11.5 Å². The average Bonchev–Trinajstić information content (AvgIpc) is 2.89. The van der Waals surface area contributed by atoms with Gasteiger partial charge in [-0.1, -0.05) is 5.16 Å². The summed E-state index contributed by atoms with van der Waals surface area (Å²) in [5.74, 6) is 0.582. The van der Waals surface area contributed by atoms with Crippen molar-refractivity contribution in [2.75, 3.05) is 18.9 Å². The lowest BCUT2D eigenvalue weighted by Gasteiger charge is -2.18. The minimum absolute atomic E-state index is 0.194. The number of hydrogen-bond acceptors (Lipinski definition) is 5. The first-order valence-electron chi connectivity index (χ1n) is 6.21. The van der Waals surface area contributed by atoms with Crippen molar-refractivity contribution in [3.8, 4) is 11.5 Å². The van der Waals surface area contributed by atoms with Gasteiger partial charge in [0, 0.05) is 24.8 Å². The summed E-state index contributed by atoms with van der Waals surface area (Å²) >= 11 is 0. The van der Waals surface area contributed by atoms with Gasteiger partial charge < -0.3 is 15.0 Å². The van der Waals surface area contributed by atoms with Crippen molar-refractivity contribution >= 4 is 5.69 Å². The largest absolute Gasteiger partial charge is 0.399 e. The second kappa shape index (κ2) is 4.97. The Morgan fingerprint density at radius 1 is 1.26 bits per heavy atom. The Morgan fingerprint density at radius 3 is 2.79 bits per heavy atom. The molecular formula is C13H14FN3O2. The molecule has 0 atom stereocenters. The molecule has 3 rings (SSSR count). The molecule has 5 nitrogen and oxygen atoms in total. The molecule has 1 aliphatic rings. The maximum atomic E-state index is 13.8. The van der Waals surface area contributed by atoms with Gasteiger partial charge >= 0.3 is 0 Å². The summed E-state index contributed by atoms with van der Waals surface area (Å²) in [6.45, 7) is 1.40. The van der Waals surface area contributed by atoms with E-state index < -0.39 is 5.82 Å². The predicted octanol–water partition coefficient (Wildman–Crippen LogP) is 2.35. The minimum atomic E-state index is -0.456. The van der Waals surface area contributed by atoms with E-state index in [2.05, 4.69) is 10.1 Å². The van der Waals surface area contributed by atoms with E-state index in [4.69, 9.17) is 15.0 Å².